The van der Waals surface area contributed by atoms with Crippen LogP contribution in [0, 0.1) is 0 Å². The number of hydrogen-bond acceptors (Lipinski definition) is 1. The van der Waals surface area contributed by atoms with Gasteiger partial charge in [0.2, 0.25) is 0 Å². The van der Waals surface area contributed by atoms with E-state index in [1.54, 1.807) is 0 Å². The van der Waals surface area contributed by atoms with Gasteiger partial charge in [0, 0.05) is 38.9 Å². The number of hydrogen-bond donors (Lipinski definition) is 0. The third-order valence-electron chi connectivity index (χ3n) is 11.0. The minimum atomic E-state index is -1.87. The van der Waals surface area contributed by atoms with Gasteiger partial charge < -0.3 is 9.47 Å². The van der Waals surface area contributed by atoms with Crippen LogP contribution in [0.25, 0.3) is 60.5 Å². The van der Waals surface area contributed by atoms with E-state index in [1.165, 1.54) is 76.6 Å². The Hall–Kier alpha value is -6.16. The second-order valence-electron chi connectivity index (χ2n) is 14.2. The van der Waals surface area contributed by atoms with E-state index in [2.05, 4.69) is 205 Å². The SMILES string of the molecule is C[Si]1(C)c2ccccc2-c2ccc(N(c3ccc(-c4ccccc4)cc3)c3ccc4c(ccc5c6ccccc6n(-c6ccccc6)c45)c3)cc21. The molecule has 0 saturated carbocycles. The summed E-state index contributed by atoms with van der Waals surface area (Å²) in [7, 11) is -1.87. The zero-order valence-electron chi connectivity index (χ0n) is 28.7. The summed E-state index contributed by atoms with van der Waals surface area (Å²) < 4.78 is 2.43. The lowest BCUT2D eigenvalue weighted by Crippen LogP contribution is -2.49. The minimum absolute atomic E-state index is 1.14. The molecule has 8 aromatic carbocycles. The van der Waals surface area contributed by atoms with Crippen LogP contribution < -0.4 is 15.3 Å². The average Bonchev–Trinajstić information content (AvgIpc) is 3.65. The van der Waals surface area contributed by atoms with Crippen molar-refractivity contribution in [2.45, 2.75) is 13.1 Å². The van der Waals surface area contributed by atoms with Gasteiger partial charge in [-0.1, -0.05) is 140 Å². The van der Waals surface area contributed by atoms with E-state index < -0.39 is 8.07 Å². The Kier molecular flexibility index (Phi) is 6.67. The first kappa shape index (κ1) is 29.7. The maximum atomic E-state index is 2.49. The van der Waals surface area contributed by atoms with Crippen LogP contribution in [-0.2, 0) is 0 Å². The lowest BCUT2D eigenvalue weighted by Gasteiger charge is -2.28. The van der Waals surface area contributed by atoms with Gasteiger partial charge in [-0.25, -0.2) is 0 Å². The maximum Gasteiger partial charge on any atom is 0.113 e. The molecule has 0 bridgehead atoms. The van der Waals surface area contributed by atoms with Crippen LogP contribution >= 0.6 is 0 Å². The first-order chi connectivity index (χ1) is 25.1. The zero-order valence-corrected chi connectivity index (χ0v) is 29.7. The Labute approximate surface area is 299 Å². The molecule has 1 aliphatic rings. The van der Waals surface area contributed by atoms with Gasteiger partial charge in [-0.2, -0.15) is 0 Å². The smallest absolute Gasteiger partial charge is 0.113 e. The number of benzene rings is 8. The first-order valence-corrected chi connectivity index (χ1v) is 20.8. The van der Waals surface area contributed by atoms with Crippen LogP contribution in [0.1, 0.15) is 0 Å². The Balaban J connectivity index is 1.18. The van der Waals surface area contributed by atoms with Crippen LogP contribution in [0.15, 0.2) is 182 Å². The molecule has 0 saturated heterocycles. The van der Waals surface area contributed by atoms with E-state index >= 15 is 0 Å². The van der Waals surface area contributed by atoms with Gasteiger partial charge in [0.1, 0.15) is 8.07 Å². The number of anilines is 3. The molecule has 0 spiro atoms. The van der Waals surface area contributed by atoms with Crippen LogP contribution in [-0.4, -0.2) is 12.6 Å². The molecule has 0 aliphatic carbocycles. The molecule has 242 valence electrons. The predicted molar refractivity (Wildman–Crippen MR) is 221 cm³/mol. The molecule has 51 heavy (non-hydrogen) atoms. The van der Waals surface area contributed by atoms with Gasteiger partial charge in [0.15, 0.2) is 0 Å². The predicted octanol–water partition coefficient (Wildman–Crippen LogP) is 11.9. The standard InChI is InChI=1S/C48H36N2Si/c1-51(2)46-20-12-10-18-42(46)43-30-27-39(32-47(43)51)49(37-24-21-34(22-25-37)33-13-5-3-6-14-33)38-26-29-40-35(31-38)23-28-44-41-17-9-11-19-45(41)50(48(40)44)36-15-7-4-8-16-36/h3-32H,1-2H3. The van der Waals surface area contributed by atoms with E-state index in [0.29, 0.717) is 0 Å². The van der Waals surface area contributed by atoms with Gasteiger partial charge in [-0.3, -0.25) is 0 Å². The Morgan fingerprint density at radius 2 is 1.04 bits per heavy atom. The highest BCUT2D eigenvalue weighted by molar-refractivity contribution is 7.03. The van der Waals surface area contributed by atoms with Crippen LogP contribution in [0.2, 0.25) is 13.1 Å². The quantitative estimate of drug-likeness (QED) is 0.166. The summed E-state index contributed by atoms with van der Waals surface area (Å²) in [5.74, 6) is 0. The molecule has 0 N–H and O–H groups in total. The highest BCUT2D eigenvalue weighted by atomic mass is 28.3. The van der Waals surface area contributed by atoms with Gasteiger partial charge in [-0.15, -0.1) is 0 Å². The van der Waals surface area contributed by atoms with Crippen molar-refractivity contribution in [2.24, 2.45) is 0 Å². The van der Waals surface area contributed by atoms with Crippen molar-refractivity contribution < 1.29 is 0 Å². The monoisotopic (exact) mass is 668 g/mol. The summed E-state index contributed by atoms with van der Waals surface area (Å²) in [5, 5.41) is 8.03. The van der Waals surface area contributed by atoms with Gasteiger partial charge in [0.05, 0.1) is 11.0 Å². The van der Waals surface area contributed by atoms with Crippen LogP contribution in [0.3, 0.4) is 0 Å². The number of rotatable bonds is 5. The maximum absolute atomic E-state index is 2.49. The summed E-state index contributed by atoms with van der Waals surface area (Å²) >= 11 is 0. The Morgan fingerprint density at radius 3 is 1.86 bits per heavy atom. The van der Waals surface area contributed by atoms with Gasteiger partial charge in [0.25, 0.3) is 0 Å². The topological polar surface area (TPSA) is 8.17 Å². The van der Waals surface area contributed by atoms with Crippen molar-refractivity contribution in [3.63, 3.8) is 0 Å². The largest absolute Gasteiger partial charge is 0.310 e. The summed E-state index contributed by atoms with van der Waals surface area (Å²) in [4.78, 5) is 2.44. The molecule has 9 aromatic rings. The van der Waals surface area contributed by atoms with Crippen molar-refractivity contribution in [3.05, 3.63) is 182 Å². The van der Waals surface area contributed by atoms with E-state index in [4.69, 9.17) is 0 Å². The molecule has 3 heteroatoms. The van der Waals surface area contributed by atoms with E-state index in [1.807, 2.05) is 0 Å². The second kappa shape index (κ2) is 11.4. The van der Waals surface area contributed by atoms with E-state index in [-0.39, 0.29) is 0 Å². The third kappa shape index (κ3) is 4.62. The fourth-order valence-corrected chi connectivity index (χ4v) is 11.6. The molecular weight excluding hydrogens is 633 g/mol. The fourth-order valence-electron chi connectivity index (χ4n) is 8.47. The molecule has 0 radical (unpaired) electrons. The molecular formula is C48H36N2Si. The number of aromatic nitrogens is 1. The van der Waals surface area contributed by atoms with Crippen LogP contribution in [0.4, 0.5) is 17.1 Å². The molecule has 2 heterocycles. The molecule has 0 amide bonds. The Bertz CT molecular complexity index is 2760. The van der Waals surface area contributed by atoms with Crippen molar-refractivity contribution in [2.75, 3.05) is 4.90 Å². The number of fused-ring (bicyclic) bond motifs is 8. The third-order valence-corrected chi connectivity index (χ3v) is 14.5. The summed E-state index contributed by atoms with van der Waals surface area (Å²) in [5.41, 5.74) is 12.3. The lowest BCUT2D eigenvalue weighted by atomic mass is 10.0. The molecule has 1 aliphatic heterocycles. The summed E-state index contributed by atoms with van der Waals surface area (Å²) in [6.07, 6.45) is 0. The van der Waals surface area contributed by atoms with E-state index in [9.17, 15) is 0 Å². The average molecular weight is 669 g/mol. The molecule has 10 rings (SSSR count). The zero-order chi connectivity index (χ0) is 34.1. The van der Waals surface area contributed by atoms with E-state index in [0.717, 1.165) is 11.4 Å². The normalized spacial score (nSPS) is 13.1. The van der Waals surface area contributed by atoms with Crippen molar-refractivity contribution in [1.82, 2.24) is 4.57 Å². The number of para-hydroxylation sites is 2. The van der Waals surface area contributed by atoms with Crippen molar-refractivity contribution in [1.29, 1.82) is 0 Å². The van der Waals surface area contributed by atoms with Crippen molar-refractivity contribution >= 4 is 68.1 Å². The van der Waals surface area contributed by atoms with Crippen molar-refractivity contribution in [3.8, 4) is 27.9 Å². The van der Waals surface area contributed by atoms with Gasteiger partial charge >= 0.3 is 0 Å². The summed E-state index contributed by atoms with van der Waals surface area (Å²) in [6.45, 7) is 4.99. The summed E-state index contributed by atoms with van der Waals surface area (Å²) in [6, 6.07) is 67.0. The lowest BCUT2D eigenvalue weighted by molar-refractivity contribution is 1.19. The molecule has 0 unspecified atom stereocenters. The highest BCUT2D eigenvalue weighted by Crippen LogP contribution is 2.42. The first-order valence-electron chi connectivity index (χ1n) is 17.8. The molecule has 0 fully saturated rings. The molecule has 0 atom stereocenters. The van der Waals surface area contributed by atoms with Gasteiger partial charge in [-0.05, 0) is 92.6 Å². The fraction of sp³-hybridized carbons (Fsp3) is 0.0417. The Morgan fingerprint density at radius 1 is 0.431 bits per heavy atom. The highest BCUT2D eigenvalue weighted by Gasteiger charge is 2.37. The molecule has 2 nitrogen and oxygen atoms in total. The second-order valence-corrected chi connectivity index (χ2v) is 18.5. The van der Waals surface area contributed by atoms with Crippen LogP contribution in [0.5, 0.6) is 0 Å². The minimum Gasteiger partial charge on any atom is -0.310 e. The molecule has 1 aromatic heterocycles. The number of nitrogens with zero attached hydrogens (tertiary/aromatic N) is 2.